The van der Waals surface area contributed by atoms with Gasteiger partial charge in [-0.05, 0) is 37.1 Å². The third-order valence-electron chi connectivity index (χ3n) is 4.70. The average molecular weight is 441 g/mol. The van der Waals surface area contributed by atoms with Gasteiger partial charge in [-0.25, -0.2) is 0 Å². The third kappa shape index (κ3) is 5.62. The summed E-state index contributed by atoms with van der Waals surface area (Å²) in [5.41, 5.74) is 4.55. The van der Waals surface area contributed by atoms with E-state index in [4.69, 9.17) is 23.2 Å². The normalized spacial score (nSPS) is 10.5. The number of benzene rings is 3. The number of nitrogens with one attached hydrogen (secondary N) is 2. The Kier molecular flexibility index (Phi) is 7.14. The number of hydrogen-bond donors (Lipinski definition) is 2. The molecule has 6 heteroatoms. The van der Waals surface area contributed by atoms with Gasteiger partial charge in [-0.3, -0.25) is 9.59 Å². The second-order valence-corrected chi connectivity index (χ2v) is 7.96. The highest BCUT2D eigenvalue weighted by Gasteiger charge is 2.19. The van der Waals surface area contributed by atoms with Crippen molar-refractivity contribution in [3.8, 4) is 0 Å². The highest BCUT2D eigenvalue weighted by molar-refractivity contribution is 6.42. The first-order chi connectivity index (χ1) is 14.3. The van der Waals surface area contributed by atoms with Gasteiger partial charge in [-0.15, -0.1) is 0 Å². The molecule has 0 spiro atoms. The van der Waals surface area contributed by atoms with Crippen LogP contribution in [-0.4, -0.2) is 11.8 Å². The topological polar surface area (TPSA) is 58.2 Å². The van der Waals surface area contributed by atoms with E-state index in [-0.39, 0.29) is 21.2 Å². The molecule has 3 rings (SSSR count). The molecular formula is C24H22Cl2N2O2. The zero-order valence-electron chi connectivity index (χ0n) is 16.8. The standard InChI is InChI=1S/C24H22Cl2N2O2/c1-15-3-7-17(8-4-15)13-27-23(29)19-11-21(25)22(26)12-20(19)24(30)28-14-18-9-5-16(2)6-10-18/h3-12H,13-14H2,1-2H3,(H,27,29)(H,28,30). The Bertz CT molecular complexity index is 975. The molecule has 2 amide bonds. The van der Waals surface area contributed by atoms with Gasteiger partial charge in [0.1, 0.15) is 0 Å². The van der Waals surface area contributed by atoms with Gasteiger partial charge in [-0.2, -0.15) is 0 Å². The molecule has 0 atom stereocenters. The summed E-state index contributed by atoms with van der Waals surface area (Å²) in [7, 11) is 0. The number of halogens is 2. The Morgan fingerprint density at radius 3 is 1.33 bits per heavy atom. The molecule has 3 aromatic rings. The van der Waals surface area contributed by atoms with E-state index in [0.717, 1.165) is 22.3 Å². The fraction of sp³-hybridized carbons (Fsp3) is 0.167. The summed E-state index contributed by atoms with van der Waals surface area (Å²) in [6.07, 6.45) is 0. The SMILES string of the molecule is Cc1ccc(CNC(=O)c2cc(Cl)c(Cl)cc2C(=O)NCc2ccc(C)cc2)cc1. The predicted octanol–water partition coefficient (Wildman–Crippen LogP) is 5.47. The van der Waals surface area contributed by atoms with E-state index in [0.29, 0.717) is 13.1 Å². The average Bonchev–Trinajstić information content (AvgIpc) is 2.74. The number of carbonyl (C=O) groups excluding carboxylic acids is 2. The molecule has 0 aliphatic carbocycles. The molecule has 4 nitrogen and oxygen atoms in total. The summed E-state index contributed by atoms with van der Waals surface area (Å²) < 4.78 is 0. The van der Waals surface area contributed by atoms with Gasteiger partial charge in [0.15, 0.2) is 0 Å². The molecule has 0 saturated heterocycles. The van der Waals surface area contributed by atoms with E-state index in [9.17, 15) is 9.59 Å². The van der Waals surface area contributed by atoms with E-state index < -0.39 is 11.8 Å². The van der Waals surface area contributed by atoms with E-state index in [1.807, 2.05) is 62.4 Å². The first-order valence-electron chi connectivity index (χ1n) is 9.50. The first-order valence-corrected chi connectivity index (χ1v) is 10.3. The summed E-state index contributed by atoms with van der Waals surface area (Å²) in [6.45, 7) is 4.67. The molecule has 154 valence electrons. The second kappa shape index (κ2) is 9.79. The molecule has 0 heterocycles. The number of hydrogen-bond acceptors (Lipinski definition) is 2. The molecule has 0 aliphatic heterocycles. The van der Waals surface area contributed by atoms with Gasteiger partial charge in [0.25, 0.3) is 11.8 Å². The summed E-state index contributed by atoms with van der Waals surface area (Å²) >= 11 is 12.2. The number of aryl methyl sites for hydroxylation is 2. The molecule has 0 fully saturated rings. The molecule has 0 aliphatic rings. The van der Waals surface area contributed by atoms with Crippen molar-refractivity contribution < 1.29 is 9.59 Å². The minimum Gasteiger partial charge on any atom is -0.348 e. The summed E-state index contributed by atoms with van der Waals surface area (Å²) in [5.74, 6) is -0.788. The van der Waals surface area contributed by atoms with Gasteiger partial charge in [-0.1, -0.05) is 82.9 Å². The van der Waals surface area contributed by atoms with Gasteiger partial charge in [0, 0.05) is 13.1 Å². The van der Waals surface area contributed by atoms with Crippen LogP contribution in [0.2, 0.25) is 10.0 Å². The Morgan fingerprint density at radius 2 is 1.00 bits per heavy atom. The molecular weight excluding hydrogens is 419 g/mol. The largest absolute Gasteiger partial charge is 0.348 e. The Balaban J connectivity index is 1.75. The Morgan fingerprint density at radius 1 is 0.667 bits per heavy atom. The van der Waals surface area contributed by atoms with Gasteiger partial charge in [0.2, 0.25) is 0 Å². The van der Waals surface area contributed by atoms with Crippen molar-refractivity contribution in [2.45, 2.75) is 26.9 Å². The van der Waals surface area contributed by atoms with Gasteiger partial charge >= 0.3 is 0 Å². The Labute approximate surface area is 186 Å². The van der Waals surface area contributed by atoms with Crippen molar-refractivity contribution in [1.82, 2.24) is 10.6 Å². The number of amides is 2. The maximum Gasteiger partial charge on any atom is 0.252 e. The van der Waals surface area contributed by atoms with Crippen molar-refractivity contribution in [2.24, 2.45) is 0 Å². The maximum atomic E-state index is 12.8. The molecule has 30 heavy (non-hydrogen) atoms. The van der Waals surface area contributed by atoms with Crippen LogP contribution in [0.5, 0.6) is 0 Å². The molecule has 3 aromatic carbocycles. The molecule has 0 saturated carbocycles. The quantitative estimate of drug-likeness (QED) is 0.533. The fourth-order valence-corrected chi connectivity index (χ4v) is 3.22. The fourth-order valence-electron chi connectivity index (χ4n) is 2.89. The van der Waals surface area contributed by atoms with E-state index in [1.54, 1.807) is 0 Å². The van der Waals surface area contributed by atoms with Crippen molar-refractivity contribution in [1.29, 1.82) is 0 Å². The van der Waals surface area contributed by atoms with Crippen LogP contribution < -0.4 is 10.6 Å². The van der Waals surface area contributed by atoms with Gasteiger partial charge < -0.3 is 10.6 Å². The minimum atomic E-state index is -0.394. The van der Waals surface area contributed by atoms with Crippen LogP contribution in [-0.2, 0) is 13.1 Å². The van der Waals surface area contributed by atoms with E-state index in [2.05, 4.69) is 10.6 Å². The Hall–Kier alpha value is -2.82. The van der Waals surface area contributed by atoms with Crippen LogP contribution >= 0.6 is 23.2 Å². The molecule has 2 N–H and O–H groups in total. The number of carbonyl (C=O) groups is 2. The summed E-state index contributed by atoms with van der Waals surface area (Å²) in [4.78, 5) is 25.6. The van der Waals surface area contributed by atoms with Crippen LogP contribution in [0, 0.1) is 13.8 Å². The lowest BCUT2D eigenvalue weighted by Gasteiger charge is -2.13. The van der Waals surface area contributed by atoms with Crippen molar-refractivity contribution in [3.63, 3.8) is 0 Å². The van der Waals surface area contributed by atoms with Crippen LogP contribution in [0.4, 0.5) is 0 Å². The predicted molar refractivity (Wildman–Crippen MR) is 121 cm³/mol. The van der Waals surface area contributed by atoms with E-state index in [1.165, 1.54) is 12.1 Å². The van der Waals surface area contributed by atoms with Crippen LogP contribution in [0.3, 0.4) is 0 Å². The maximum absolute atomic E-state index is 12.8. The zero-order chi connectivity index (χ0) is 21.7. The van der Waals surface area contributed by atoms with Crippen molar-refractivity contribution in [3.05, 3.63) is 104 Å². The van der Waals surface area contributed by atoms with Gasteiger partial charge in [0.05, 0.1) is 21.2 Å². The van der Waals surface area contributed by atoms with Crippen molar-refractivity contribution >= 4 is 35.0 Å². The van der Waals surface area contributed by atoms with E-state index >= 15 is 0 Å². The van der Waals surface area contributed by atoms with Crippen LogP contribution in [0.1, 0.15) is 43.0 Å². The highest BCUT2D eigenvalue weighted by atomic mass is 35.5. The smallest absolute Gasteiger partial charge is 0.252 e. The molecule has 0 unspecified atom stereocenters. The monoisotopic (exact) mass is 440 g/mol. The lowest BCUT2D eigenvalue weighted by Crippen LogP contribution is -2.29. The molecule has 0 aromatic heterocycles. The minimum absolute atomic E-state index is 0.179. The van der Waals surface area contributed by atoms with Crippen LogP contribution in [0.25, 0.3) is 0 Å². The van der Waals surface area contributed by atoms with Crippen LogP contribution in [0.15, 0.2) is 60.7 Å². The first kappa shape index (κ1) is 21.9. The molecule has 0 radical (unpaired) electrons. The summed E-state index contributed by atoms with van der Waals surface area (Å²) in [5, 5.41) is 6.10. The zero-order valence-corrected chi connectivity index (χ0v) is 18.3. The lowest BCUT2D eigenvalue weighted by atomic mass is 10.1. The number of rotatable bonds is 6. The molecule has 0 bridgehead atoms. The second-order valence-electron chi connectivity index (χ2n) is 7.15. The van der Waals surface area contributed by atoms with Crippen molar-refractivity contribution in [2.75, 3.05) is 0 Å². The third-order valence-corrected chi connectivity index (χ3v) is 5.42. The summed E-state index contributed by atoms with van der Waals surface area (Å²) in [6, 6.07) is 18.5. The highest BCUT2D eigenvalue weighted by Crippen LogP contribution is 2.26. The lowest BCUT2D eigenvalue weighted by molar-refractivity contribution is 0.0916.